The first-order valence-corrected chi connectivity index (χ1v) is 4.70. The standard InChI is InChI=1S/C9H20O4/c1-4-7(10)9(12,13)8(11,5-2)6-3/h7,10-13H,4-6H2,1-3H3. The summed E-state index contributed by atoms with van der Waals surface area (Å²) in [6.45, 7) is 4.91. The van der Waals surface area contributed by atoms with Crippen molar-refractivity contribution in [2.24, 2.45) is 0 Å². The second-order valence-corrected chi connectivity index (χ2v) is 3.39. The van der Waals surface area contributed by atoms with Crippen molar-refractivity contribution < 1.29 is 20.4 Å². The lowest BCUT2D eigenvalue weighted by Gasteiger charge is -2.41. The van der Waals surface area contributed by atoms with Crippen molar-refractivity contribution in [1.29, 1.82) is 0 Å². The lowest BCUT2D eigenvalue weighted by atomic mass is 9.83. The van der Waals surface area contributed by atoms with E-state index in [0.717, 1.165) is 0 Å². The number of hydrogen-bond acceptors (Lipinski definition) is 4. The summed E-state index contributed by atoms with van der Waals surface area (Å²) in [7, 11) is 0. The van der Waals surface area contributed by atoms with E-state index in [2.05, 4.69) is 0 Å². The summed E-state index contributed by atoms with van der Waals surface area (Å²) in [5, 5.41) is 38.2. The SMILES string of the molecule is CCC(O)C(O)(O)C(O)(CC)CC. The molecular weight excluding hydrogens is 172 g/mol. The summed E-state index contributed by atoms with van der Waals surface area (Å²) in [6, 6.07) is 0. The molecule has 0 aromatic heterocycles. The van der Waals surface area contributed by atoms with Crippen LogP contribution in [0.2, 0.25) is 0 Å². The number of hydrogen-bond donors (Lipinski definition) is 4. The Balaban J connectivity index is 4.76. The quantitative estimate of drug-likeness (QED) is 0.462. The van der Waals surface area contributed by atoms with Crippen molar-refractivity contribution in [3.05, 3.63) is 0 Å². The van der Waals surface area contributed by atoms with Gasteiger partial charge in [0.25, 0.3) is 0 Å². The van der Waals surface area contributed by atoms with Gasteiger partial charge in [-0.3, -0.25) is 0 Å². The maximum Gasteiger partial charge on any atom is 0.219 e. The third kappa shape index (κ3) is 2.20. The molecule has 0 fully saturated rings. The molecule has 0 saturated heterocycles. The largest absolute Gasteiger partial charge is 0.387 e. The highest BCUT2D eigenvalue weighted by molar-refractivity contribution is 4.94. The number of aliphatic hydroxyl groups is 4. The minimum absolute atomic E-state index is 0.188. The second kappa shape index (κ2) is 4.37. The van der Waals surface area contributed by atoms with E-state index in [0.29, 0.717) is 0 Å². The van der Waals surface area contributed by atoms with Gasteiger partial charge in [0, 0.05) is 0 Å². The van der Waals surface area contributed by atoms with Crippen molar-refractivity contribution in [3.63, 3.8) is 0 Å². The smallest absolute Gasteiger partial charge is 0.219 e. The van der Waals surface area contributed by atoms with E-state index in [9.17, 15) is 20.4 Å². The summed E-state index contributed by atoms with van der Waals surface area (Å²) in [6.07, 6.45) is -0.756. The van der Waals surface area contributed by atoms with Crippen LogP contribution in [-0.4, -0.2) is 37.9 Å². The average Bonchev–Trinajstić information content (AvgIpc) is 2.14. The van der Waals surface area contributed by atoms with Gasteiger partial charge >= 0.3 is 0 Å². The van der Waals surface area contributed by atoms with Gasteiger partial charge in [-0.05, 0) is 19.3 Å². The minimum Gasteiger partial charge on any atom is -0.387 e. The highest BCUT2D eigenvalue weighted by Gasteiger charge is 2.50. The molecule has 0 heterocycles. The molecule has 4 heteroatoms. The third-order valence-corrected chi connectivity index (χ3v) is 2.71. The fraction of sp³-hybridized carbons (Fsp3) is 1.00. The van der Waals surface area contributed by atoms with Crippen LogP contribution in [0.4, 0.5) is 0 Å². The van der Waals surface area contributed by atoms with E-state index < -0.39 is 17.5 Å². The molecule has 0 aliphatic carbocycles. The molecule has 0 rings (SSSR count). The Bertz CT molecular complexity index is 152. The Morgan fingerprint density at radius 1 is 1.00 bits per heavy atom. The van der Waals surface area contributed by atoms with E-state index in [1.165, 1.54) is 0 Å². The monoisotopic (exact) mass is 192 g/mol. The fourth-order valence-corrected chi connectivity index (χ4v) is 1.37. The van der Waals surface area contributed by atoms with Crippen LogP contribution < -0.4 is 0 Å². The molecule has 1 atom stereocenters. The van der Waals surface area contributed by atoms with Crippen molar-refractivity contribution >= 4 is 0 Å². The Morgan fingerprint density at radius 3 is 1.62 bits per heavy atom. The van der Waals surface area contributed by atoms with Crippen LogP contribution in [0.3, 0.4) is 0 Å². The van der Waals surface area contributed by atoms with E-state index >= 15 is 0 Å². The maximum absolute atomic E-state index is 9.80. The summed E-state index contributed by atoms with van der Waals surface area (Å²) >= 11 is 0. The molecule has 0 aromatic carbocycles. The fourth-order valence-electron chi connectivity index (χ4n) is 1.37. The van der Waals surface area contributed by atoms with Crippen LogP contribution >= 0.6 is 0 Å². The normalized spacial score (nSPS) is 15.9. The highest BCUT2D eigenvalue weighted by atomic mass is 16.5. The van der Waals surface area contributed by atoms with Crippen LogP contribution in [0, 0.1) is 0 Å². The third-order valence-electron chi connectivity index (χ3n) is 2.71. The Labute approximate surface area is 78.8 Å². The van der Waals surface area contributed by atoms with Gasteiger partial charge in [-0.2, -0.15) is 0 Å². The van der Waals surface area contributed by atoms with Gasteiger partial charge in [-0.25, -0.2) is 0 Å². The Kier molecular flexibility index (Phi) is 4.32. The molecule has 0 amide bonds. The molecule has 13 heavy (non-hydrogen) atoms. The molecule has 0 aromatic rings. The van der Waals surface area contributed by atoms with Gasteiger partial charge in [0.15, 0.2) is 0 Å². The first kappa shape index (κ1) is 12.8. The molecular formula is C9H20O4. The molecule has 0 saturated carbocycles. The van der Waals surface area contributed by atoms with E-state index in [-0.39, 0.29) is 19.3 Å². The van der Waals surface area contributed by atoms with Crippen LogP contribution in [0.25, 0.3) is 0 Å². The molecule has 4 nitrogen and oxygen atoms in total. The minimum atomic E-state index is -2.43. The predicted molar refractivity (Wildman–Crippen MR) is 49.0 cm³/mol. The maximum atomic E-state index is 9.80. The highest BCUT2D eigenvalue weighted by Crippen LogP contribution is 2.30. The van der Waals surface area contributed by atoms with Crippen LogP contribution in [-0.2, 0) is 0 Å². The van der Waals surface area contributed by atoms with Gasteiger partial charge in [0.1, 0.15) is 11.7 Å². The summed E-state index contributed by atoms with van der Waals surface area (Å²) in [5.74, 6) is -2.43. The Morgan fingerprint density at radius 2 is 1.38 bits per heavy atom. The Hall–Kier alpha value is -0.160. The van der Waals surface area contributed by atoms with Gasteiger partial charge in [-0.1, -0.05) is 20.8 Å². The van der Waals surface area contributed by atoms with Crippen LogP contribution in [0.15, 0.2) is 0 Å². The lowest BCUT2D eigenvalue weighted by molar-refractivity contribution is -0.317. The zero-order valence-electron chi connectivity index (χ0n) is 8.49. The first-order valence-electron chi connectivity index (χ1n) is 4.70. The van der Waals surface area contributed by atoms with E-state index in [4.69, 9.17) is 0 Å². The van der Waals surface area contributed by atoms with Crippen LogP contribution in [0.1, 0.15) is 40.0 Å². The van der Waals surface area contributed by atoms with Crippen molar-refractivity contribution in [1.82, 2.24) is 0 Å². The molecule has 80 valence electrons. The van der Waals surface area contributed by atoms with Gasteiger partial charge < -0.3 is 20.4 Å². The van der Waals surface area contributed by atoms with Crippen molar-refractivity contribution in [2.45, 2.75) is 57.5 Å². The molecule has 0 aliphatic rings. The van der Waals surface area contributed by atoms with Crippen molar-refractivity contribution in [3.8, 4) is 0 Å². The average molecular weight is 192 g/mol. The number of rotatable bonds is 5. The second-order valence-electron chi connectivity index (χ2n) is 3.39. The summed E-state index contributed by atoms with van der Waals surface area (Å²) in [4.78, 5) is 0. The van der Waals surface area contributed by atoms with Crippen LogP contribution in [0.5, 0.6) is 0 Å². The predicted octanol–water partition coefficient (Wildman–Crippen LogP) is -0.0107. The van der Waals surface area contributed by atoms with Gasteiger partial charge in [-0.15, -0.1) is 0 Å². The molecule has 0 bridgehead atoms. The van der Waals surface area contributed by atoms with Crippen molar-refractivity contribution in [2.75, 3.05) is 0 Å². The van der Waals surface area contributed by atoms with Gasteiger partial charge in [0.05, 0.1) is 0 Å². The molecule has 4 N–H and O–H groups in total. The topological polar surface area (TPSA) is 80.9 Å². The van der Waals surface area contributed by atoms with Gasteiger partial charge in [0.2, 0.25) is 5.79 Å². The zero-order valence-corrected chi connectivity index (χ0v) is 8.49. The molecule has 0 radical (unpaired) electrons. The zero-order chi connectivity index (χ0) is 10.7. The molecule has 1 unspecified atom stereocenters. The lowest BCUT2D eigenvalue weighted by Crippen LogP contribution is -2.60. The van der Waals surface area contributed by atoms with E-state index in [1.54, 1.807) is 20.8 Å². The summed E-state index contributed by atoms with van der Waals surface area (Å²) in [5.41, 5.74) is -1.64. The first-order chi connectivity index (χ1) is 5.85. The van der Waals surface area contributed by atoms with E-state index in [1.807, 2.05) is 0 Å². The molecule has 0 aliphatic heterocycles. The number of aliphatic hydroxyl groups excluding tert-OH is 1. The molecule has 0 spiro atoms. The summed E-state index contributed by atoms with van der Waals surface area (Å²) < 4.78 is 0.